The van der Waals surface area contributed by atoms with Gasteiger partial charge in [-0.2, -0.15) is 0 Å². The highest BCUT2D eigenvalue weighted by Gasteiger charge is 2.25. The third-order valence-corrected chi connectivity index (χ3v) is 5.53. The number of carbonyl (C=O) groups is 2. The SMILES string of the molecule is C[C@@H](OC(=O)c1cc(S(=O)(=O)N(C)C)ccc1F)C(=O)Nc1ccccc1F. The summed E-state index contributed by atoms with van der Waals surface area (Å²) in [6.07, 6.45) is -1.39. The molecule has 1 N–H and O–H groups in total. The molecule has 1 amide bonds. The van der Waals surface area contributed by atoms with Gasteiger partial charge in [0.15, 0.2) is 6.10 Å². The molecule has 0 saturated carbocycles. The highest BCUT2D eigenvalue weighted by molar-refractivity contribution is 7.89. The lowest BCUT2D eigenvalue weighted by atomic mass is 10.2. The Bertz CT molecular complexity index is 1010. The number of sulfonamides is 1. The second-order valence-corrected chi connectivity index (χ2v) is 8.10. The van der Waals surface area contributed by atoms with Crippen LogP contribution in [0.4, 0.5) is 14.5 Å². The van der Waals surface area contributed by atoms with Crippen molar-refractivity contribution in [1.29, 1.82) is 0 Å². The molecule has 0 bridgehead atoms. The molecule has 0 heterocycles. The summed E-state index contributed by atoms with van der Waals surface area (Å²) in [5, 5.41) is 2.24. The second kappa shape index (κ2) is 8.44. The maximum atomic E-state index is 14.0. The minimum atomic E-state index is -3.90. The number of carbonyl (C=O) groups excluding carboxylic acids is 2. The van der Waals surface area contributed by atoms with Gasteiger partial charge in [0.05, 0.1) is 16.1 Å². The summed E-state index contributed by atoms with van der Waals surface area (Å²) >= 11 is 0. The van der Waals surface area contributed by atoms with E-state index >= 15 is 0 Å². The van der Waals surface area contributed by atoms with E-state index in [0.717, 1.165) is 28.6 Å². The zero-order valence-electron chi connectivity index (χ0n) is 15.3. The predicted octanol–water partition coefficient (Wildman–Crippen LogP) is 2.40. The molecular formula is C18H18F2N2O5S. The van der Waals surface area contributed by atoms with Crippen molar-refractivity contribution in [2.75, 3.05) is 19.4 Å². The van der Waals surface area contributed by atoms with Gasteiger partial charge in [-0.25, -0.2) is 26.3 Å². The monoisotopic (exact) mass is 412 g/mol. The first-order chi connectivity index (χ1) is 13.0. The molecule has 0 unspecified atom stereocenters. The summed E-state index contributed by atoms with van der Waals surface area (Å²) in [6, 6.07) is 8.05. The van der Waals surface area contributed by atoms with Crippen LogP contribution in [0.5, 0.6) is 0 Å². The molecule has 1 atom stereocenters. The van der Waals surface area contributed by atoms with Crippen LogP contribution in [0.3, 0.4) is 0 Å². The smallest absolute Gasteiger partial charge is 0.341 e. The molecule has 2 aromatic carbocycles. The van der Waals surface area contributed by atoms with Gasteiger partial charge in [0.1, 0.15) is 11.6 Å². The minimum absolute atomic E-state index is 0.111. The molecular weight excluding hydrogens is 394 g/mol. The molecule has 28 heavy (non-hydrogen) atoms. The lowest BCUT2D eigenvalue weighted by Gasteiger charge is -2.15. The van der Waals surface area contributed by atoms with Gasteiger partial charge in [0.25, 0.3) is 5.91 Å². The van der Waals surface area contributed by atoms with E-state index in [1.165, 1.54) is 39.2 Å². The molecule has 0 aliphatic carbocycles. The third-order valence-electron chi connectivity index (χ3n) is 3.72. The summed E-state index contributed by atoms with van der Waals surface area (Å²) < 4.78 is 57.7. The van der Waals surface area contributed by atoms with Gasteiger partial charge in [-0.05, 0) is 37.3 Å². The van der Waals surface area contributed by atoms with Crippen molar-refractivity contribution in [2.24, 2.45) is 0 Å². The van der Waals surface area contributed by atoms with Crippen molar-refractivity contribution in [1.82, 2.24) is 4.31 Å². The number of benzene rings is 2. The topological polar surface area (TPSA) is 92.8 Å². The zero-order valence-corrected chi connectivity index (χ0v) is 16.1. The van der Waals surface area contributed by atoms with Crippen LogP contribution in [0, 0.1) is 11.6 Å². The van der Waals surface area contributed by atoms with E-state index in [0.29, 0.717) is 0 Å². The number of halogens is 2. The highest BCUT2D eigenvalue weighted by atomic mass is 32.2. The van der Waals surface area contributed by atoms with Gasteiger partial charge in [-0.1, -0.05) is 12.1 Å². The number of rotatable bonds is 6. The second-order valence-electron chi connectivity index (χ2n) is 5.95. The predicted molar refractivity (Wildman–Crippen MR) is 97.2 cm³/mol. The van der Waals surface area contributed by atoms with Gasteiger partial charge in [0.2, 0.25) is 10.0 Å². The fourth-order valence-corrected chi connectivity index (χ4v) is 3.04. The van der Waals surface area contributed by atoms with E-state index in [9.17, 15) is 26.8 Å². The molecule has 0 saturated heterocycles. The lowest BCUT2D eigenvalue weighted by Crippen LogP contribution is -2.30. The average molecular weight is 412 g/mol. The first kappa shape index (κ1) is 21.5. The Morgan fingerprint density at radius 1 is 1.07 bits per heavy atom. The van der Waals surface area contributed by atoms with Gasteiger partial charge >= 0.3 is 5.97 Å². The van der Waals surface area contributed by atoms with E-state index in [1.807, 2.05) is 0 Å². The van der Waals surface area contributed by atoms with Gasteiger partial charge in [-0.15, -0.1) is 0 Å². The minimum Gasteiger partial charge on any atom is -0.449 e. The van der Waals surface area contributed by atoms with Crippen molar-refractivity contribution in [2.45, 2.75) is 17.9 Å². The van der Waals surface area contributed by atoms with Crippen LogP contribution in [-0.2, 0) is 19.6 Å². The van der Waals surface area contributed by atoms with Crippen LogP contribution >= 0.6 is 0 Å². The van der Waals surface area contributed by atoms with E-state index < -0.39 is 45.2 Å². The first-order valence-corrected chi connectivity index (χ1v) is 9.46. The van der Waals surface area contributed by atoms with Crippen LogP contribution in [0.15, 0.2) is 47.4 Å². The van der Waals surface area contributed by atoms with Crippen molar-refractivity contribution in [3.63, 3.8) is 0 Å². The maximum Gasteiger partial charge on any atom is 0.341 e. The Hall–Kier alpha value is -2.85. The molecule has 0 spiro atoms. The number of hydrogen-bond acceptors (Lipinski definition) is 5. The largest absolute Gasteiger partial charge is 0.449 e. The lowest BCUT2D eigenvalue weighted by molar-refractivity contribution is -0.123. The van der Waals surface area contributed by atoms with E-state index in [4.69, 9.17) is 4.74 Å². The van der Waals surface area contributed by atoms with Crippen LogP contribution in [0.2, 0.25) is 0 Å². The Kier molecular flexibility index (Phi) is 6.47. The molecule has 0 aliphatic rings. The normalized spacial score (nSPS) is 12.5. The first-order valence-electron chi connectivity index (χ1n) is 8.02. The van der Waals surface area contributed by atoms with Crippen LogP contribution < -0.4 is 5.32 Å². The standard InChI is InChI=1S/C18H18F2N2O5S/c1-11(17(23)21-16-7-5-4-6-15(16)20)27-18(24)13-10-12(8-9-14(13)19)28(25,26)22(2)3/h4-11H,1-3H3,(H,21,23)/t11-/m1/s1. The average Bonchev–Trinajstić information content (AvgIpc) is 2.63. The molecule has 0 aliphatic heterocycles. The molecule has 0 fully saturated rings. The van der Waals surface area contributed by atoms with E-state index in [2.05, 4.69) is 5.32 Å². The summed E-state index contributed by atoms with van der Waals surface area (Å²) in [4.78, 5) is 24.0. The number of amides is 1. The number of esters is 1. The van der Waals surface area contributed by atoms with Crippen LogP contribution in [-0.4, -0.2) is 44.8 Å². The number of ether oxygens (including phenoxy) is 1. The summed E-state index contributed by atoms with van der Waals surface area (Å²) in [5.74, 6) is -3.76. The molecule has 7 nitrogen and oxygen atoms in total. The summed E-state index contributed by atoms with van der Waals surface area (Å²) in [7, 11) is -1.33. The van der Waals surface area contributed by atoms with Crippen LogP contribution in [0.1, 0.15) is 17.3 Å². The van der Waals surface area contributed by atoms with Crippen molar-refractivity contribution in [3.05, 3.63) is 59.7 Å². The molecule has 2 rings (SSSR count). The molecule has 0 radical (unpaired) electrons. The van der Waals surface area contributed by atoms with Crippen molar-refractivity contribution < 1.29 is 31.5 Å². The number of nitrogens with one attached hydrogen (secondary N) is 1. The molecule has 2 aromatic rings. The van der Waals surface area contributed by atoms with E-state index in [1.54, 1.807) is 0 Å². The molecule has 150 valence electrons. The van der Waals surface area contributed by atoms with Gasteiger partial charge < -0.3 is 10.1 Å². The van der Waals surface area contributed by atoms with Crippen molar-refractivity contribution >= 4 is 27.6 Å². The number of hydrogen-bond donors (Lipinski definition) is 1. The summed E-state index contributed by atoms with van der Waals surface area (Å²) in [5.41, 5.74) is -0.755. The van der Waals surface area contributed by atoms with Gasteiger partial charge in [-0.3, -0.25) is 4.79 Å². The maximum absolute atomic E-state index is 14.0. The van der Waals surface area contributed by atoms with E-state index in [-0.39, 0.29) is 10.6 Å². The Morgan fingerprint density at radius 2 is 1.71 bits per heavy atom. The highest BCUT2D eigenvalue weighted by Crippen LogP contribution is 2.19. The Morgan fingerprint density at radius 3 is 2.32 bits per heavy atom. The fraction of sp³-hybridized carbons (Fsp3) is 0.222. The third kappa shape index (κ3) is 4.70. The fourth-order valence-electron chi connectivity index (χ4n) is 2.11. The molecule has 10 heteroatoms. The Balaban J connectivity index is 2.18. The Labute approximate surface area is 161 Å². The van der Waals surface area contributed by atoms with Gasteiger partial charge in [0, 0.05) is 14.1 Å². The number of anilines is 1. The number of nitrogens with zero attached hydrogens (tertiary/aromatic N) is 1. The summed E-state index contributed by atoms with van der Waals surface area (Å²) in [6.45, 7) is 1.21. The number of para-hydroxylation sites is 1. The quantitative estimate of drug-likeness (QED) is 0.736. The molecule has 0 aromatic heterocycles. The van der Waals surface area contributed by atoms with Crippen LogP contribution in [0.25, 0.3) is 0 Å². The van der Waals surface area contributed by atoms with Crippen molar-refractivity contribution in [3.8, 4) is 0 Å². The zero-order chi connectivity index (χ0) is 21.1.